The Morgan fingerprint density at radius 3 is 3.00 bits per heavy atom. The molecule has 3 unspecified atom stereocenters. The van der Waals surface area contributed by atoms with Crippen molar-refractivity contribution in [3.8, 4) is 0 Å². The van der Waals surface area contributed by atoms with Gasteiger partial charge >= 0.3 is 0 Å². The number of halogens is 1. The van der Waals surface area contributed by atoms with Crippen molar-refractivity contribution in [2.75, 3.05) is 13.1 Å². The first-order chi connectivity index (χ1) is 6.11. The van der Waals surface area contributed by atoms with Gasteiger partial charge in [0, 0.05) is 0 Å². The largest absolute Gasteiger partial charge is 0.367 e. The van der Waals surface area contributed by atoms with Crippen molar-refractivity contribution in [2.24, 2.45) is 17.6 Å². The molecule has 3 N–H and O–H groups in total. The minimum Gasteiger partial charge on any atom is -0.367 e. The maximum absolute atomic E-state index is 13.0. The summed E-state index contributed by atoms with van der Waals surface area (Å²) in [5.41, 5.74) is 4.86. The van der Waals surface area contributed by atoms with Gasteiger partial charge in [0.25, 0.3) is 5.91 Å². The maximum atomic E-state index is 13.0. The van der Waals surface area contributed by atoms with Gasteiger partial charge in [-0.05, 0) is 37.8 Å². The third kappa shape index (κ3) is 2.95. The molecule has 1 amide bonds. The van der Waals surface area contributed by atoms with Crippen LogP contribution in [0.1, 0.15) is 19.8 Å². The van der Waals surface area contributed by atoms with Crippen LogP contribution in [0.2, 0.25) is 0 Å². The van der Waals surface area contributed by atoms with E-state index in [0.29, 0.717) is 5.92 Å². The lowest BCUT2D eigenvalue weighted by Crippen LogP contribution is -2.38. The van der Waals surface area contributed by atoms with Gasteiger partial charge in [0.2, 0.25) is 0 Å². The molecule has 0 radical (unpaired) electrons. The summed E-state index contributed by atoms with van der Waals surface area (Å²) in [7, 11) is 0. The van der Waals surface area contributed by atoms with Gasteiger partial charge in [-0.1, -0.05) is 6.92 Å². The Bertz CT molecular complexity index is 186. The van der Waals surface area contributed by atoms with Gasteiger partial charge in [-0.2, -0.15) is 0 Å². The van der Waals surface area contributed by atoms with E-state index in [0.717, 1.165) is 19.5 Å². The Morgan fingerprint density at radius 1 is 1.77 bits per heavy atom. The molecular formula is C9H17FN2O. The predicted molar refractivity (Wildman–Crippen MR) is 48.8 cm³/mol. The smallest absolute Gasteiger partial charge is 0.251 e. The first-order valence-corrected chi connectivity index (χ1v) is 4.75. The molecule has 13 heavy (non-hydrogen) atoms. The Balaban J connectivity index is 2.37. The molecule has 0 bridgehead atoms. The molecule has 0 aliphatic carbocycles. The van der Waals surface area contributed by atoms with E-state index >= 15 is 0 Å². The lowest BCUT2D eigenvalue weighted by Gasteiger charge is -2.29. The highest BCUT2D eigenvalue weighted by molar-refractivity contribution is 5.78. The van der Waals surface area contributed by atoms with Crippen LogP contribution in [0.5, 0.6) is 0 Å². The number of piperidine rings is 1. The van der Waals surface area contributed by atoms with E-state index in [9.17, 15) is 9.18 Å². The normalized spacial score (nSPS) is 31.2. The number of carbonyl (C=O) groups is 1. The van der Waals surface area contributed by atoms with Crippen molar-refractivity contribution < 1.29 is 9.18 Å². The molecule has 3 nitrogen and oxygen atoms in total. The van der Waals surface area contributed by atoms with E-state index in [1.807, 2.05) is 0 Å². The van der Waals surface area contributed by atoms with Crippen LogP contribution in [0, 0.1) is 11.8 Å². The number of amides is 1. The molecule has 0 aromatic heterocycles. The van der Waals surface area contributed by atoms with Gasteiger partial charge in [0.05, 0.1) is 0 Å². The molecule has 1 aliphatic rings. The fourth-order valence-electron chi connectivity index (χ4n) is 1.75. The van der Waals surface area contributed by atoms with E-state index in [4.69, 9.17) is 5.73 Å². The van der Waals surface area contributed by atoms with Crippen LogP contribution in [0.3, 0.4) is 0 Å². The molecule has 0 aromatic carbocycles. The van der Waals surface area contributed by atoms with Crippen molar-refractivity contribution in [2.45, 2.75) is 25.9 Å². The first-order valence-electron chi connectivity index (χ1n) is 4.75. The van der Waals surface area contributed by atoms with Gasteiger partial charge < -0.3 is 11.1 Å². The van der Waals surface area contributed by atoms with Gasteiger partial charge in [0.15, 0.2) is 6.17 Å². The highest BCUT2D eigenvalue weighted by Gasteiger charge is 2.26. The third-order valence-corrected chi connectivity index (χ3v) is 2.81. The highest BCUT2D eigenvalue weighted by Crippen LogP contribution is 2.23. The monoisotopic (exact) mass is 188 g/mol. The summed E-state index contributed by atoms with van der Waals surface area (Å²) in [5.74, 6) is -0.104. The zero-order valence-electron chi connectivity index (χ0n) is 7.92. The second-order valence-corrected chi connectivity index (χ2v) is 3.84. The topological polar surface area (TPSA) is 55.1 Å². The number of primary amides is 1. The van der Waals surface area contributed by atoms with Crippen LogP contribution in [-0.4, -0.2) is 25.2 Å². The minimum absolute atomic E-state index is 0.247. The molecule has 76 valence electrons. The van der Waals surface area contributed by atoms with Crippen LogP contribution >= 0.6 is 0 Å². The summed E-state index contributed by atoms with van der Waals surface area (Å²) in [5, 5.41) is 3.19. The van der Waals surface area contributed by atoms with Crippen molar-refractivity contribution in [3.05, 3.63) is 0 Å². The van der Waals surface area contributed by atoms with E-state index in [-0.39, 0.29) is 12.3 Å². The van der Waals surface area contributed by atoms with Gasteiger partial charge in [0.1, 0.15) is 0 Å². The third-order valence-electron chi connectivity index (χ3n) is 2.81. The molecule has 1 aliphatic heterocycles. The standard InChI is InChI=1S/C9H17FN2O/c1-6-2-3-12-5-7(6)4-8(10)9(11)13/h6-8,12H,2-5H2,1H3,(H2,11,13). The lowest BCUT2D eigenvalue weighted by atomic mass is 9.84. The molecule has 1 rings (SSSR count). The summed E-state index contributed by atoms with van der Waals surface area (Å²) in [4.78, 5) is 10.5. The van der Waals surface area contributed by atoms with Crippen LogP contribution < -0.4 is 11.1 Å². The quantitative estimate of drug-likeness (QED) is 0.675. The molecule has 4 heteroatoms. The number of carbonyl (C=O) groups excluding carboxylic acids is 1. The van der Waals surface area contributed by atoms with Crippen LogP contribution in [-0.2, 0) is 4.79 Å². The number of rotatable bonds is 3. The van der Waals surface area contributed by atoms with Crippen molar-refractivity contribution >= 4 is 5.91 Å². The molecule has 1 heterocycles. The zero-order valence-corrected chi connectivity index (χ0v) is 7.92. The van der Waals surface area contributed by atoms with E-state index in [1.165, 1.54) is 0 Å². The molecular weight excluding hydrogens is 171 g/mol. The fraction of sp³-hybridized carbons (Fsp3) is 0.889. The van der Waals surface area contributed by atoms with Crippen molar-refractivity contribution in [3.63, 3.8) is 0 Å². The molecule has 0 saturated carbocycles. The number of hydrogen-bond donors (Lipinski definition) is 2. The molecule has 1 saturated heterocycles. The Kier molecular flexibility index (Phi) is 3.66. The minimum atomic E-state index is -1.48. The zero-order chi connectivity index (χ0) is 9.84. The molecule has 0 aromatic rings. The van der Waals surface area contributed by atoms with Crippen LogP contribution in [0.25, 0.3) is 0 Å². The molecule has 3 atom stereocenters. The fourth-order valence-corrected chi connectivity index (χ4v) is 1.75. The van der Waals surface area contributed by atoms with E-state index in [1.54, 1.807) is 0 Å². The Morgan fingerprint density at radius 2 is 2.46 bits per heavy atom. The van der Waals surface area contributed by atoms with E-state index < -0.39 is 12.1 Å². The molecule has 0 spiro atoms. The predicted octanol–water partition coefficient (Wildman–Crippen LogP) is 0.446. The number of nitrogens with one attached hydrogen (secondary N) is 1. The Labute approximate surface area is 77.9 Å². The lowest BCUT2D eigenvalue weighted by molar-refractivity contribution is -0.123. The van der Waals surface area contributed by atoms with E-state index in [2.05, 4.69) is 12.2 Å². The summed E-state index contributed by atoms with van der Waals surface area (Å²) in [6, 6.07) is 0. The first kappa shape index (κ1) is 10.4. The second-order valence-electron chi connectivity index (χ2n) is 3.84. The summed E-state index contributed by atoms with van der Waals surface area (Å²) >= 11 is 0. The van der Waals surface area contributed by atoms with Crippen LogP contribution in [0.15, 0.2) is 0 Å². The number of alkyl halides is 1. The highest BCUT2D eigenvalue weighted by atomic mass is 19.1. The summed E-state index contributed by atoms with van der Waals surface area (Å²) in [6.07, 6.45) is -0.160. The van der Waals surface area contributed by atoms with Crippen LogP contribution in [0.4, 0.5) is 4.39 Å². The number of nitrogens with two attached hydrogens (primary N) is 1. The van der Waals surface area contributed by atoms with Crippen molar-refractivity contribution in [1.29, 1.82) is 0 Å². The second kappa shape index (κ2) is 4.56. The summed E-state index contributed by atoms with van der Waals surface area (Å²) < 4.78 is 13.0. The average molecular weight is 188 g/mol. The average Bonchev–Trinajstić information content (AvgIpc) is 2.08. The maximum Gasteiger partial charge on any atom is 0.251 e. The SMILES string of the molecule is CC1CCNCC1CC(F)C(N)=O. The number of hydrogen-bond acceptors (Lipinski definition) is 2. The van der Waals surface area contributed by atoms with Crippen molar-refractivity contribution in [1.82, 2.24) is 5.32 Å². The Hall–Kier alpha value is -0.640. The molecule has 1 fully saturated rings. The van der Waals surface area contributed by atoms with Gasteiger partial charge in [-0.15, -0.1) is 0 Å². The van der Waals surface area contributed by atoms with Gasteiger partial charge in [-0.25, -0.2) is 4.39 Å². The summed E-state index contributed by atoms with van der Waals surface area (Å²) in [6.45, 7) is 3.89. The van der Waals surface area contributed by atoms with Gasteiger partial charge in [-0.3, -0.25) is 4.79 Å².